The summed E-state index contributed by atoms with van der Waals surface area (Å²) in [6, 6.07) is 3.96. The van der Waals surface area contributed by atoms with Crippen LogP contribution in [-0.2, 0) is 33.8 Å². The number of aromatic nitrogens is 4. The van der Waals surface area contributed by atoms with Gasteiger partial charge >= 0.3 is 5.97 Å². The quantitative estimate of drug-likeness (QED) is 0.403. The lowest BCUT2D eigenvalue weighted by Crippen LogP contribution is -2.28. The summed E-state index contributed by atoms with van der Waals surface area (Å²) in [5.41, 5.74) is 3.13. The normalized spacial score (nSPS) is 13.4. The topological polar surface area (TPSA) is 97.5 Å². The largest absolute Gasteiger partial charge is 0.462 e. The van der Waals surface area contributed by atoms with Gasteiger partial charge < -0.3 is 14.2 Å². The first kappa shape index (κ1) is 21.2. The van der Waals surface area contributed by atoms with Crippen LogP contribution in [0.4, 0.5) is 0 Å². The van der Waals surface area contributed by atoms with Crippen molar-refractivity contribution in [2.45, 2.75) is 39.3 Å². The average molecular weight is 426 g/mol. The highest BCUT2D eigenvalue weighted by Gasteiger charge is 2.19. The van der Waals surface area contributed by atoms with Crippen molar-refractivity contribution in [2.75, 3.05) is 26.9 Å². The van der Waals surface area contributed by atoms with E-state index in [-0.39, 0.29) is 30.4 Å². The number of nitrogens with zero attached hydrogens (tertiary/aromatic N) is 4. The summed E-state index contributed by atoms with van der Waals surface area (Å²) in [7, 11) is 1.59. The number of carbonyl (C=O) groups excluding carboxylic acids is 1. The van der Waals surface area contributed by atoms with Crippen LogP contribution in [-0.4, -0.2) is 52.2 Å². The van der Waals surface area contributed by atoms with Gasteiger partial charge in [-0.05, 0) is 55.9 Å². The van der Waals surface area contributed by atoms with Crippen molar-refractivity contribution in [1.82, 2.24) is 19.3 Å². The standard InChI is InChI=1S/C22H26N4O5/c1-3-31-21(28)17-12-23-26(13-17)22-24-19-11-16-7-5-4-6-15(16)10-18(19)20(27)25(22)14-30-9-8-29-2/h10-13H,3-9,14H2,1-2H3. The van der Waals surface area contributed by atoms with E-state index in [0.29, 0.717) is 24.1 Å². The van der Waals surface area contributed by atoms with Gasteiger partial charge in [0.05, 0.1) is 42.5 Å². The molecule has 2 aromatic heterocycles. The van der Waals surface area contributed by atoms with E-state index in [9.17, 15) is 9.59 Å². The number of hydrogen-bond donors (Lipinski definition) is 0. The van der Waals surface area contributed by atoms with Crippen LogP contribution in [0, 0.1) is 0 Å². The Balaban J connectivity index is 1.81. The molecule has 0 radical (unpaired) electrons. The number of aryl methyl sites for hydroxylation is 2. The maximum Gasteiger partial charge on any atom is 0.341 e. The Morgan fingerprint density at radius 1 is 1.16 bits per heavy atom. The highest BCUT2D eigenvalue weighted by molar-refractivity contribution is 5.88. The summed E-state index contributed by atoms with van der Waals surface area (Å²) in [6.07, 6.45) is 7.13. The zero-order valence-electron chi connectivity index (χ0n) is 17.8. The molecule has 0 bridgehead atoms. The van der Waals surface area contributed by atoms with Gasteiger partial charge in [-0.1, -0.05) is 0 Å². The van der Waals surface area contributed by atoms with Gasteiger partial charge in [0.1, 0.15) is 6.73 Å². The zero-order chi connectivity index (χ0) is 21.8. The molecule has 0 aliphatic heterocycles. The summed E-state index contributed by atoms with van der Waals surface area (Å²) < 4.78 is 18.5. The van der Waals surface area contributed by atoms with Crippen molar-refractivity contribution >= 4 is 16.9 Å². The number of rotatable bonds is 8. The minimum atomic E-state index is -0.478. The molecule has 31 heavy (non-hydrogen) atoms. The molecular weight excluding hydrogens is 400 g/mol. The van der Waals surface area contributed by atoms with Crippen molar-refractivity contribution in [1.29, 1.82) is 0 Å². The van der Waals surface area contributed by atoms with E-state index in [1.54, 1.807) is 14.0 Å². The molecule has 0 spiro atoms. The third-order valence-corrected chi connectivity index (χ3v) is 5.35. The van der Waals surface area contributed by atoms with E-state index in [4.69, 9.17) is 19.2 Å². The summed E-state index contributed by atoms with van der Waals surface area (Å²) in [6.45, 7) is 2.74. The van der Waals surface area contributed by atoms with E-state index < -0.39 is 5.97 Å². The summed E-state index contributed by atoms with van der Waals surface area (Å²) in [5, 5.41) is 4.80. The van der Waals surface area contributed by atoms with Crippen molar-refractivity contribution in [3.05, 3.63) is 51.6 Å². The maximum absolute atomic E-state index is 13.4. The third kappa shape index (κ3) is 4.38. The van der Waals surface area contributed by atoms with Gasteiger partial charge in [0.25, 0.3) is 5.56 Å². The number of ether oxygens (including phenoxy) is 3. The molecular formula is C22H26N4O5. The molecule has 4 rings (SSSR count). The van der Waals surface area contributed by atoms with E-state index in [1.165, 1.54) is 32.8 Å². The van der Waals surface area contributed by atoms with Gasteiger partial charge in [-0.2, -0.15) is 5.10 Å². The van der Waals surface area contributed by atoms with Gasteiger partial charge in [-0.15, -0.1) is 0 Å². The van der Waals surface area contributed by atoms with Crippen molar-refractivity contribution in [3.8, 4) is 5.95 Å². The Labute approximate surface area is 179 Å². The Bertz CT molecular complexity index is 1150. The summed E-state index contributed by atoms with van der Waals surface area (Å²) >= 11 is 0. The van der Waals surface area contributed by atoms with Crippen LogP contribution in [0.25, 0.3) is 16.9 Å². The lowest BCUT2D eigenvalue weighted by molar-refractivity contribution is 0.0323. The predicted molar refractivity (Wildman–Crippen MR) is 114 cm³/mol. The van der Waals surface area contributed by atoms with Crippen LogP contribution in [0.5, 0.6) is 0 Å². The minimum Gasteiger partial charge on any atom is -0.462 e. The second-order valence-electron chi connectivity index (χ2n) is 7.41. The molecule has 0 atom stereocenters. The smallest absolute Gasteiger partial charge is 0.341 e. The Morgan fingerprint density at radius 3 is 2.68 bits per heavy atom. The molecule has 2 heterocycles. The number of benzene rings is 1. The van der Waals surface area contributed by atoms with Crippen LogP contribution in [0.15, 0.2) is 29.3 Å². The number of hydrogen-bond acceptors (Lipinski definition) is 7. The molecule has 0 amide bonds. The Hall–Kier alpha value is -3.04. The van der Waals surface area contributed by atoms with Gasteiger partial charge in [0.2, 0.25) is 5.95 Å². The first-order chi connectivity index (χ1) is 15.1. The molecule has 1 aliphatic carbocycles. The number of esters is 1. The number of carbonyl (C=O) groups is 1. The molecule has 164 valence electrons. The van der Waals surface area contributed by atoms with Crippen molar-refractivity contribution in [2.24, 2.45) is 0 Å². The lowest BCUT2D eigenvalue weighted by Gasteiger charge is -2.18. The van der Waals surface area contributed by atoms with Gasteiger partial charge in [0.15, 0.2) is 0 Å². The van der Waals surface area contributed by atoms with Crippen LogP contribution >= 0.6 is 0 Å². The lowest BCUT2D eigenvalue weighted by atomic mass is 9.90. The predicted octanol–water partition coefficient (Wildman–Crippen LogP) is 2.26. The Kier molecular flexibility index (Phi) is 6.43. The van der Waals surface area contributed by atoms with E-state index in [2.05, 4.69) is 5.10 Å². The summed E-state index contributed by atoms with van der Waals surface area (Å²) in [4.78, 5) is 30.2. The van der Waals surface area contributed by atoms with Gasteiger partial charge in [0, 0.05) is 13.3 Å². The molecule has 1 aromatic carbocycles. The average Bonchev–Trinajstić information content (AvgIpc) is 3.27. The van der Waals surface area contributed by atoms with Gasteiger partial charge in [-0.25, -0.2) is 14.5 Å². The van der Waals surface area contributed by atoms with Crippen LogP contribution in [0.3, 0.4) is 0 Å². The van der Waals surface area contributed by atoms with Gasteiger partial charge in [-0.3, -0.25) is 9.36 Å². The third-order valence-electron chi connectivity index (χ3n) is 5.35. The maximum atomic E-state index is 13.4. The molecule has 1 aliphatic rings. The molecule has 0 unspecified atom stereocenters. The van der Waals surface area contributed by atoms with E-state index in [1.807, 2.05) is 12.1 Å². The molecule has 9 nitrogen and oxygen atoms in total. The number of fused-ring (bicyclic) bond motifs is 2. The van der Waals surface area contributed by atoms with E-state index in [0.717, 1.165) is 25.7 Å². The molecule has 0 N–H and O–H groups in total. The molecule has 0 saturated carbocycles. The fourth-order valence-corrected chi connectivity index (χ4v) is 3.78. The molecule has 9 heteroatoms. The molecule has 3 aromatic rings. The molecule has 0 fully saturated rings. The number of methoxy groups -OCH3 is 1. The SMILES string of the molecule is CCOC(=O)c1cnn(-c2nc3cc4c(cc3c(=O)n2COCCOC)CCCC4)c1. The second-order valence-corrected chi connectivity index (χ2v) is 7.41. The highest BCUT2D eigenvalue weighted by atomic mass is 16.5. The fraction of sp³-hybridized carbons (Fsp3) is 0.455. The first-order valence-electron chi connectivity index (χ1n) is 10.5. The van der Waals surface area contributed by atoms with Crippen LogP contribution < -0.4 is 5.56 Å². The van der Waals surface area contributed by atoms with E-state index >= 15 is 0 Å². The second kappa shape index (κ2) is 9.40. The van der Waals surface area contributed by atoms with Crippen LogP contribution in [0.2, 0.25) is 0 Å². The first-order valence-corrected chi connectivity index (χ1v) is 10.5. The summed E-state index contributed by atoms with van der Waals surface area (Å²) in [5.74, 6) is -0.199. The minimum absolute atomic E-state index is 0.00779. The Morgan fingerprint density at radius 2 is 1.94 bits per heavy atom. The molecule has 0 saturated heterocycles. The fourth-order valence-electron chi connectivity index (χ4n) is 3.78. The van der Waals surface area contributed by atoms with Crippen LogP contribution in [0.1, 0.15) is 41.3 Å². The monoisotopic (exact) mass is 426 g/mol. The highest BCUT2D eigenvalue weighted by Crippen LogP contribution is 2.25. The van der Waals surface area contributed by atoms with Crippen molar-refractivity contribution in [3.63, 3.8) is 0 Å². The van der Waals surface area contributed by atoms with Crippen molar-refractivity contribution < 1.29 is 19.0 Å². The zero-order valence-corrected chi connectivity index (χ0v) is 17.8.